The average Bonchev–Trinajstić information content (AvgIpc) is 2.58. The minimum absolute atomic E-state index is 0.0676. The Morgan fingerprint density at radius 1 is 1.39 bits per heavy atom. The number of hydrogen-bond donors (Lipinski definition) is 0. The first-order valence-corrected chi connectivity index (χ1v) is 8.07. The van der Waals surface area contributed by atoms with Crippen LogP contribution in [0.1, 0.15) is 42.5 Å². The van der Waals surface area contributed by atoms with E-state index in [0.717, 1.165) is 19.3 Å². The van der Waals surface area contributed by atoms with E-state index in [-0.39, 0.29) is 11.8 Å². The lowest BCUT2D eigenvalue weighted by atomic mass is 9.73. The molecule has 4 nitrogen and oxygen atoms in total. The number of likely N-dealkylation sites (tertiary alicyclic amines) is 1. The average molecular weight is 312 g/mol. The standard InChI is InChI=1S/C19H24N2O2/c1-3-11-19(12-7-14-20-2)13-8-15-21(18(19)23)17(22)16-9-5-4-6-10-16/h3-6,9-10,14H,1,7-8,11-13,15H2,2H3/t19-/m0/s1. The predicted octanol–water partition coefficient (Wildman–Crippen LogP) is 3.49. The SMILES string of the molecule is C=CC[C@]1(CCC=NC)CCCN(C(=O)c2ccccc2)C1=O. The highest BCUT2D eigenvalue weighted by Crippen LogP contribution is 2.39. The van der Waals surface area contributed by atoms with E-state index in [9.17, 15) is 9.59 Å². The number of aliphatic imine (C=N–C) groups is 1. The summed E-state index contributed by atoms with van der Waals surface area (Å²) in [4.78, 5) is 31.2. The minimum Gasteiger partial charge on any atom is -0.301 e. The second kappa shape index (κ2) is 7.86. The van der Waals surface area contributed by atoms with Gasteiger partial charge in [-0.15, -0.1) is 6.58 Å². The van der Waals surface area contributed by atoms with Crippen molar-refractivity contribution in [2.75, 3.05) is 13.6 Å². The van der Waals surface area contributed by atoms with Crippen LogP contribution >= 0.6 is 0 Å². The van der Waals surface area contributed by atoms with E-state index in [1.807, 2.05) is 24.4 Å². The Labute approximate surface area is 137 Å². The third-order valence-electron chi connectivity index (χ3n) is 4.47. The third kappa shape index (κ3) is 3.76. The number of carbonyl (C=O) groups excluding carboxylic acids is 2. The van der Waals surface area contributed by atoms with Crippen molar-refractivity contribution in [3.63, 3.8) is 0 Å². The van der Waals surface area contributed by atoms with Crippen LogP contribution in [0.4, 0.5) is 0 Å². The maximum absolute atomic E-state index is 13.1. The van der Waals surface area contributed by atoms with E-state index >= 15 is 0 Å². The first-order chi connectivity index (χ1) is 11.1. The van der Waals surface area contributed by atoms with Gasteiger partial charge in [-0.1, -0.05) is 24.3 Å². The number of piperidine rings is 1. The van der Waals surface area contributed by atoms with Crippen molar-refractivity contribution in [1.29, 1.82) is 0 Å². The molecule has 1 aromatic carbocycles. The summed E-state index contributed by atoms with van der Waals surface area (Å²) in [7, 11) is 1.73. The Bertz CT molecular complexity index is 595. The summed E-state index contributed by atoms with van der Waals surface area (Å²) in [5, 5.41) is 0. The van der Waals surface area contributed by atoms with Crippen molar-refractivity contribution >= 4 is 18.0 Å². The van der Waals surface area contributed by atoms with E-state index in [0.29, 0.717) is 24.9 Å². The van der Waals surface area contributed by atoms with Crippen molar-refractivity contribution in [2.24, 2.45) is 10.4 Å². The number of carbonyl (C=O) groups is 2. The summed E-state index contributed by atoms with van der Waals surface area (Å²) in [6.45, 7) is 4.29. The highest BCUT2D eigenvalue weighted by atomic mass is 16.2. The highest BCUT2D eigenvalue weighted by Gasteiger charge is 2.44. The Morgan fingerprint density at radius 3 is 2.78 bits per heavy atom. The second-order valence-electron chi connectivity index (χ2n) is 5.98. The van der Waals surface area contributed by atoms with Gasteiger partial charge in [0.2, 0.25) is 5.91 Å². The van der Waals surface area contributed by atoms with Crippen LogP contribution in [-0.4, -0.2) is 36.5 Å². The zero-order valence-electron chi connectivity index (χ0n) is 13.7. The third-order valence-corrected chi connectivity index (χ3v) is 4.47. The molecule has 0 saturated carbocycles. The molecule has 23 heavy (non-hydrogen) atoms. The molecular weight excluding hydrogens is 288 g/mol. The van der Waals surface area contributed by atoms with Crippen molar-refractivity contribution in [2.45, 2.75) is 32.1 Å². The van der Waals surface area contributed by atoms with Gasteiger partial charge < -0.3 is 4.99 Å². The lowest BCUT2D eigenvalue weighted by molar-refractivity contribution is -0.143. The molecule has 0 aromatic heterocycles. The summed E-state index contributed by atoms with van der Waals surface area (Å²) in [5.41, 5.74) is 0.0383. The second-order valence-corrected chi connectivity index (χ2v) is 5.98. The number of benzene rings is 1. The molecule has 0 bridgehead atoms. The molecule has 4 heteroatoms. The molecule has 1 heterocycles. The quantitative estimate of drug-likeness (QED) is 0.458. The van der Waals surface area contributed by atoms with Crippen LogP contribution in [0.5, 0.6) is 0 Å². The van der Waals surface area contributed by atoms with E-state index in [1.165, 1.54) is 4.90 Å². The van der Waals surface area contributed by atoms with Gasteiger partial charge in [-0.05, 0) is 50.5 Å². The molecule has 1 fully saturated rings. The van der Waals surface area contributed by atoms with Gasteiger partial charge >= 0.3 is 0 Å². The van der Waals surface area contributed by atoms with E-state index < -0.39 is 5.41 Å². The Morgan fingerprint density at radius 2 is 2.13 bits per heavy atom. The first kappa shape index (κ1) is 17.1. The molecule has 2 amide bonds. The molecule has 1 saturated heterocycles. The molecule has 0 N–H and O–H groups in total. The fourth-order valence-corrected chi connectivity index (χ4v) is 3.27. The van der Waals surface area contributed by atoms with E-state index in [4.69, 9.17) is 0 Å². The van der Waals surface area contributed by atoms with Gasteiger partial charge in [-0.3, -0.25) is 14.5 Å². The largest absolute Gasteiger partial charge is 0.301 e. The van der Waals surface area contributed by atoms with Crippen LogP contribution in [-0.2, 0) is 4.79 Å². The lowest BCUT2D eigenvalue weighted by Crippen LogP contribution is -2.51. The van der Waals surface area contributed by atoms with E-state index in [1.54, 1.807) is 25.3 Å². The van der Waals surface area contributed by atoms with Crippen LogP contribution < -0.4 is 0 Å². The number of imide groups is 1. The molecule has 0 spiro atoms. The molecule has 1 atom stereocenters. The fourth-order valence-electron chi connectivity index (χ4n) is 3.27. The molecule has 1 aliphatic rings. The summed E-state index contributed by atoms with van der Waals surface area (Å²) in [5.74, 6) is -0.269. The smallest absolute Gasteiger partial charge is 0.260 e. The summed E-state index contributed by atoms with van der Waals surface area (Å²) in [6, 6.07) is 9.00. The van der Waals surface area contributed by atoms with Gasteiger partial charge in [0, 0.05) is 19.2 Å². The molecule has 0 aliphatic carbocycles. The van der Waals surface area contributed by atoms with Gasteiger partial charge in [-0.2, -0.15) is 0 Å². The Kier molecular flexibility index (Phi) is 5.85. The molecular formula is C19H24N2O2. The lowest BCUT2D eigenvalue weighted by Gasteiger charge is -2.40. The summed E-state index contributed by atoms with van der Waals surface area (Å²) < 4.78 is 0. The van der Waals surface area contributed by atoms with Crippen molar-refractivity contribution < 1.29 is 9.59 Å². The summed E-state index contributed by atoms with van der Waals surface area (Å²) >= 11 is 0. The first-order valence-electron chi connectivity index (χ1n) is 8.07. The van der Waals surface area contributed by atoms with Crippen LogP contribution in [0.2, 0.25) is 0 Å². The maximum Gasteiger partial charge on any atom is 0.260 e. The number of hydrogen-bond acceptors (Lipinski definition) is 3. The maximum atomic E-state index is 13.1. The molecule has 1 aliphatic heterocycles. The van der Waals surface area contributed by atoms with Crippen molar-refractivity contribution in [3.8, 4) is 0 Å². The zero-order chi connectivity index (χ0) is 16.7. The molecule has 2 rings (SSSR count). The van der Waals surface area contributed by atoms with Gasteiger partial charge in [-0.25, -0.2) is 0 Å². The van der Waals surface area contributed by atoms with Crippen LogP contribution in [0.3, 0.4) is 0 Å². The number of allylic oxidation sites excluding steroid dienone is 1. The normalized spacial score (nSPS) is 21.6. The fraction of sp³-hybridized carbons (Fsp3) is 0.421. The molecule has 0 unspecified atom stereocenters. The number of nitrogens with zero attached hydrogens (tertiary/aromatic N) is 2. The van der Waals surface area contributed by atoms with Crippen LogP contribution in [0.25, 0.3) is 0 Å². The Hall–Kier alpha value is -2.23. The summed E-state index contributed by atoms with van der Waals surface area (Å²) in [6.07, 6.45) is 7.29. The van der Waals surface area contributed by atoms with Crippen molar-refractivity contribution in [1.82, 2.24) is 4.90 Å². The van der Waals surface area contributed by atoms with Crippen molar-refractivity contribution in [3.05, 3.63) is 48.6 Å². The van der Waals surface area contributed by atoms with Crippen LogP contribution in [0, 0.1) is 5.41 Å². The van der Waals surface area contributed by atoms with Gasteiger partial charge in [0.25, 0.3) is 5.91 Å². The minimum atomic E-state index is -0.522. The topological polar surface area (TPSA) is 49.7 Å². The predicted molar refractivity (Wildman–Crippen MR) is 92.6 cm³/mol. The highest BCUT2D eigenvalue weighted by molar-refractivity contribution is 6.06. The van der Waals surface area contributed by atoms with Gasteiger partial charge in [0.05, 0.1) is 5.41 Å². The van der Waals surface area contributed by atoms with E-state index in [2.05, 4.69) is 11.6 Å². The molecule has 1 aromatic rings. The Balaban J connectivity index is 2.23. The molecule has 122 valence electrons. The monoisotopic (exact) mass is 312 g/mol. The zero-order valence-corrected chi connectivity index (χ0v) is 13.7. The number of amides is 2. The van der Waals surface area contributed by atoms with Gasteiger partial charge in [0.15, 0.2) is 0 Å². The van der Waals surface area contributed by atoms with Gasteiger partial charge in [0.1, 0.15) is 0 Å². The molecule has 0 radical (unpaired) electrons. The number of rotatable bonds is 6. The van der Waals surface area contributed by atoms with Crippen LogP contribution in [0.15, 0.2) is 48.0 Å².